The summed E-state index contributed by atoms with van der Waals surface area (Å²) in [4.78, 5) is 24.1. The molecule has 0 aliphatic rings. The lowest BCUT2D eigenvalue weighted by Gasteiger charge is -2.18. The van der Waals surface area contributed by atoms with Crippen molar-refractivity contribution in [3.8, 4) is 17.1 Å². The van der Waals surface area contributed by atoms with Crippen molar-refractivity contribution in [2.24, 2.45) is 0 Å². The van der Waals surface area contributed by atoms with Gasteiger partial charge in [-0.1, -0.05) is 24.6 Å². The fraction of sp³-hybridized carbons (Fsp3) is 0.238. The second kappa shape index (κ2) is 10.2. The summed E-state index contributed by atoms with van der Waals surface area (Å²) in [6, 6.07) is 5.90. The lowest BCUT2D eigenvalue weighted by atomic mass is 10.1. The van der Waals surface area contributed by atoms with Gasteiger partial charge in [-0.25, -0.2) is 4.72 Å². The number of carboxylic acid groups (broad SMARTS) is 1. The number of hydrogen-bond acceptors (Lipinski definition) is 6. The second-order valence-corrected chi connectivity index (χ2v) is 9.06. The molecule has 3 rings (SSSR count). The largest absolute Gasteiger partial charge is 0.491 e. The minimum Gasteiger partial charge on any atom is -0.491 e. The van der Waals surface area contributed by atoms with Crippen LogP contribution in [0.15, 0.2) is 51.7 Å². The third kappa shape index (κ3) is 6.31. The average Bonchev–Trinajstić information content (AvgIpc) is 2.76. The van der Waals surface area contributed by atoms with E-state index in [-0.39, 0.29) is 33.9 Å². The Morgan fingerprint density at radius 3 is 2.57 bits per heavy atom. The molecule has 0 amide bonds. The Bertz CT molecular complexity index is 1420. The molecular weight excluding hydrogens is 517 g/mol. The maximum atomic E-state index is 13.3. The molecule has 0 spiro atoms. The number of para-hydroxylation sites is 1. The van der Waals surface area contributed by atoms with Crippen LogP contribution in [0.4, 0.5) is 13.2 Å². The highest BCUT2D eigenvalue weighted by molar-refractivity contribution is 7.87. The molecule has 1 aromatic heterocycles. The Labute approximate surface area is 201 Å². The van der Waals surface area contributed by atoms with Gasteiger partial charge in [0, 0.05) is 12.6 Å². The van der Waals surface area contributed by atoms with Crippen LogP contribution in [0.3, 0.4) is 0 Å². The van der Waals surface area contributed by atoms with Gasteiger partial charge in [0.2, 0.25) is 0 Å². The topological polar surface area (TPSA) is 135 Å². The van der Waals surface area contributed by atoms with Crippen LogP contribution in [-0.4, -0.2) is 38.7 Å². The summed E-state index contributed by atoms with van der Waals surface area (Å²) in [6.45, 7) is 0.542. The third-order valence-electron chi connectivity index (χ3n) is 4.62. The zero-order chi connectivity index (χ0) is 26.0. The van der Waals surface area contributed by atoms with E-state index in [4.69, 9.17) is 20.8 Å². The highest BCUT2D eigenvalue weighted by Crippen LogP contribution is 2.38. The SMILES string of the molecule is CCNS(=O)(=O)N[C@@H](COc1cc(C(F)(F)F)ccc1-c1cc(=O)c2cccc(Cl)c2o1)C(=O)O. The van der Waals surface area contributed by atoms with E-state index in [2.05, 4.69) is 0 Å². The Morgan fingerprint density at radius 1 is 1.23 bits per heavy atom. The number of ether oxygens (including phenoxy) is 1. The van der Waals surface area contributed by atoms with Crippen molar-refractivity contribution in [1.82, 2.24) is 9.44 Å². The van der Waals surface area contributed by atoms with Crippen molar-refractivity contribution in [2.45, 2.75) is 19.1 Å². The standard InChI is InChI=1S/C21H18ClF3N2O7S/c1-2-26-35(31,32)27-15(20(29)30)10-33-17-8-11(21(23,24)25)6-7-13(17)18-9-16(28)12-4-3-5-14(22)19(12)34-18/h3-9,15,26-27H,2,10H2,1H3,(H,29,30)/t15-/m0/s1. The molecule has 1 atom stereocenters. The molecule has 0 bridgehead atoms. The molecule has 3 N–H and O–H groups in total. The van der Waals surface area contributed by atoms with Crippen LogP contribution in [0, 0.1) is 0 Å². The molecule has 0 unspecified atom stereocenters. The van der Waals surface area contributed by atoms with Crippen molar-refractivity contribution in [3.63, 3.8) is 0 Å². The number of aliphatic carboxylic acids is 1. The van der Waals surface area contributed by atoms with Gasteiger partial charge in [0.15, 0.2) is 17.1 Å². The fourth-order valence-corrected chi connectivity index (χ4v) is 4.26. The van der Waals surface area contributed by atoms with E-state index in [9.17, 15) is 36.3 Å². The van der Waals surface area contributed by atoms with Crippen molar-refractivity contribution >= 4 is 38.7 Å². The normalized spacial score (nSPS) is 13.1. The number of halogens is 4. The summed E-state index contributed by atoms with van der Waals surface area (Å²) in [5.74, 6) is -2.33. The predicted octanol–water partition coefficient (Wildman–Crippen LogP) is 3.41. The number of benzene rings is 2. The lowest BCUT2D eigenvalue weighted by Crippen LogP contribution is -2.49. The average molecular weight is 535 g/mol. The maximum absolute atomic E-state index is 13.3. The first kappa shape index (κ1) is 26.5. The van der Waals surface area contributed by atoms with E-state index in [0.717, 1.165) is 18.2 Å². The van der Waals surface area contributed by atoms with E-state index >= 15 is 0 Å². The molecule has 0 fully saturated rings. The number of alkyl halides is 3. The molecule has 0 aliphatic heterocycles. The molecule has 0 radical (unpaired) electrons. The van der Waals surface area contributed by atoms with E-state index in [1.807, 2.05) is 9.44 Å². The number of rotatable bonds is 9. The van der Waals surface area contributed by atoms with Gasteiger partial charge >= 0.3 is 12.1 Å². The van der Waals surface area contributed by atoms with Gasteiger partial charge in [0.1, 0.15) is 18.1 Å². The summed E-state index contributed by atoms with van der Waals surface area (Å²) in [5, 5.41) is 9.57. The van der Waals surface area contributed by atoms with Crippen LogP contribution in [0.2, 0.25) is 5.02 Å². The van der Waals surface area contributed by atoms with E-state index in [0.29, 0.717) is 6.07 Å². The van der Waals surface area contributed by atoms with Crippen LogP contribution in [-0.2, 0) is 21.2 Å². The van der Waals surface area contributed by atoms with Gasteiger partial charge in [-0.3, -0.25) is 9.59 Å². The van der Waals surface area contributed by atoms with Crippen LogP contribution in [0.1, 0.15) is 12.5 Å². The van der Waals surface area contributed by atoms with Crippen molar-refractivity contribution in [1.29, 1.82) is 0 Å². The smallest absolute Gasteiger partial charge is 0.416 e. The Morgan fingerprint density at radius 2 is 1.94 bits per heavy atom. The lowest BCUT2D eigenvalue weighted by molar-refractivity contribution is -0.140. The Kier molecular flexibility index (Phi) is 7.74. The third-order valence-corrected chi connectivity index (χ3v) is 6.18. The van der Waals surface area contributed by atoms with Crippen LogP contribution < -0.4 is 19.6 Å². The number of nitrogens with one attached hydrogen (secondary N) is 2. The van der Waals surface area contributed by atoms with Crippen molar-refractivity contribution < 1.29 is 40.6 Å². The zero-order valence-corrected chi connectivity index (χ0v) is 19.4. The summed E-state index contributed by atoms with van der Waals surface area (Å²) >= 11 is 6.09. The van der Waals surface area contributed by atoms with Crippen LogP contribution in [0.25, 0.3) is 22.3 Å². The van der Waals surface area contributed by atoms with E-state index in [1.54, 1.807) is 0 Å². The summed E-state index contributed by atoms with van der Waals surface area (Å²) in [7, 11) is -4.22. The van der Waals surface area contributed by atoms with E-state index < -0.39 is 51.7 Å². The van der Waals surface area contributed by atoms with Gasteiger partial charge in [-0.05, 0) is 30.3 Å². The van der Waals surface area contributed by atoms with Gasteiger partial charge in [-0.2, -0.15) is 26.3 Å². The van der Waals surface area contributed by atoms with Crippen LogP contribution >= 0.6 is 11.6 Å². The Hall–Kier alpha value is -3.13. The van der Waals surface area contributed by atoms with Crippen molar-refractivity contribution in [2.75, 3.05) is 13.2 Å². The number of fused-ring (bicyclic) bond motifs is 1. The van der Waals surface area contributed by atoms with E-state index in [1.165, 1.54) is 25.1 Å². The minimum atomic E-state index is -4.77. The molecule has 14 heteroatoms. The van der Waals surface area contributed by atoms with Gasteiger partial charge in [0.25, 0.3) is 10.2 Å². The first-order chi connectivity index (χ1) is 16.3. The summed E-state index contributed by atoms with van der Waals surface area (Å²) < 4.78 is 78.6. The van der Waals surface area contributed by atoms with Gasteiger partial charge in [0.05, 0.1) is 21.5 Å². The quantitative estimate of drug-likeness (QED) is 0.383. The van der Waals surface area contributed by atoms with Crippen molar-refractivity contribution in [3.05, 3.63) is 63.3 Å². The molecule has 1 heterocycles. The molecule has 0 saturated heterocycles. The molecule has 3 aromatic rings. The fourth-order valence-electron chi connectivity index (χ4n) is 3.05. The highest BCUT2D eigenvalue weighted by Gasteiger charge is 2.32. The van der Waals surface area contributed by atoms with Gasteiger partial charge in [-0.15, -0.1) is 0 Å². The van der Waals surface area contributed by atoms with Crippen LogP contribution in [0.5, 0.6) is 5.75 Å². The maximum Gasteiger partial charge on any atom is 0.416 e. The summed E-state index contributed by atoms with van der Waals surface area (Å²) in [6.07, 6.45) is -4.77. The molecule has 0 aliphatic carbocycles. The summed E-state index contributed by atoms with van der Waals surface area (Å²) in [5.41, 5.74) is -1.78. The first-order valence-electron chi connectivity index (χ1n) is 9.89. The predicted molar refractivity (Wildman–Crippen MR) is 121 cm³/mol. The highest BCUT2D eigenvalue weighted by atomic mass is 35.5. The number of carboxylic acids is 1. The molecule has 188 valence electrons. The van der Waals surface area contributed by atoms with Gasteiger partial charge < -0.3 is 14.3 Å². The Balaban J connectivity index is 2.06. The molecule has 2 aromatic carbocycles. The molecule has 0 saturated carbocycles. The first-order valence-corrected chi connectivity index (χ1v) is 11.7. The molecular formula is C21H18ClF3N2O7S. The number of carbonyl (C=O) groups is 1. The zero-order valence-electron chi connectivity index (χ0n) is 17.8. The number of hydrogen-bond donors (Lipinski definition) is 3. The molecule has 9 nitrogen and oxygen atoms in total. The minimum absolute atomic E-state index is 0.00988. The second-order valence-electron chi connectivity index (χ2n) is 7.12. The molecule has 35 heavy (non-hydrogen) atoms. The monoisotopic (exact) mass is 534 g/mol.